The first-order chi connectivity index (χ1) is 16.5. The highest BCUT2D eigenvalue weighted by atomic mass is 35.5. The molecule has 2 atom stereocenters. The molecule has 1 N–H and O–H groups in total. The topological polar surface area (TPSA) is 50.3 Å². The number of aliphatic hydroxyl groups is 1. The summed E-state index contributed by atoms with van der Waals surface area (Å²) in [6, 6.07) is 13.5. The summed E-state index contributed by atoms with van der Waals surface area (Å²) in [7, 11) is 0. The van der Waals surface area contributed by atoms with Crippen LogP contribution >= 0.6 is 11.6 Å². The Hall–Kier alpha value is -2.19. The number of nitrogens with zero attached hydrogens (tertiary/aromatic N) is 4. The van der Waals surface area contributed by atoms with Gasteiger partial charge in [0.15, 0.2) is 0 Å². The van der Waals surface area contributed by atoms with Crippen LogP contribution in [0.4, 0.5) is 9.18 Å². The number of β-amino-alcohol motifs (C(OH)–C–C–N with tert-alkyl or cyclic N) is 1. The highest BCUT2D eigenvalue weighted by Crippen LogP contribution is 2.47. The van der Waals surface area contributed by atoms with Crippen molar-refractivity contribution in [2.45, 2.75) is 18.4 Å². The normalized spacial score (nSPS) is 23.7. The summed E-state index contributed by atoms with van der Waals surface area (Å²) in [6.07, 6.45) is 0.976. The van der Waals surface area contributed by atoms with Crippen molar-refractivity contribution >= 4 is 17.6 Å². The number of aliphatic hydroxyl groups excluding tert-OH is 1. The zero-order chi connectivity index (χ0) is 23.7. The lowest BCUT2D eigenvalue weighted by atomic mass is 9.93. The minimum atomic E-state index is -0.211. The van der Waals surface area contributed by atoms with Crippen molar-refractivity contribution in [3.8, 4) is 0 Å². The van der Waals surface area contributed by atoms with E-state index in [-0.39, 0.29) is 24.4 Å². The van der Waals surface area contributed by atoms with Crippen molar-refractivity contribution in [2.75, 3.05) is 65.5 Å². The molecular formula is C26H32ClFN4O2. The molecule has 2 aromatic rings. The Labute approximate surface area is 205 Å². The molecule has 2 aromatic carbocycles. The first kappa shape index (κ1) is 23.5. The summed E-state index contributed by atoms with van der Waals surface area (Å²) in [5.41, 5.74) is 3.72. The molecule has 2 amide bonds. The van der Waals surface area contributed by atoms with Gasteiger partial charge >= 0.3 is 6.03 Å². The third-order valence-corrected chi connectivity index (χ3v) is 7.83. The van der Waals surface area contributed by atoms with Crippen LogP contribution in [-0.4, -0.2) is 96.2 Å². The maximum atomic E-state index is 13.5. The predicted octanol–water partition coefficient (Wildman–Crippen LogP) is 3.40. The van der Waals surface area contributed by atoms with E-state index in [4.69, 9.17) is 16.7 Å². The van der Waals surface area contributed by atoms with Crippen LogP contribution in [0.15, 0.2) is 42.5 Å². The van der Waals surface area contributed by atoms with Crippen molar-refractivity contribution < 1.29 is 14.3 Å². The maximum Gasteiger partial charge on any atom is 0.320 e. The molecule has 2 unspecified atom stereocenters. The van der Waals surface area contributed by atoms with Crippen molar-refractivity contribution in [1.82, 2.24) is 19.6 Å². The van der Waals surface area contributed by atoms with Crippen molar-refractivity contribution in [1.29, 1.82) is 0 Å². The number of benzene rings is 2. The summed E-state index contributed by atoms with van der Waals surface area (Å²) in [4.78, 5) is 21.0. The van der Waals surface area contributed by atoms with Gasteiger partial charge in [-0.2, -0.15) is 0 Å². The van der Waals surface area contributed by atoms with Gasteiger partial charge in [0.05, 0.1) is 6.61 Å². The van der Waals surface area contributed by atoms with Crippen LogP contribution in [0.5, 0.6) is 0 Å². The Morgan fingerprint density at radius 2 is 1.59 bits per heavy atom. The fraction of sp³-hybridized carbons (Fsp3) is 0.500. The molecule has 6 nitrogen and oxygen atoms in total. The lowest BCUT2D eigenvalue weighted by Crippen LogP contribution is -2.49. The first-order valence-electron chi connectivity index (χ1n) is 12.2. The van der Waals surface area contributed by atoms with Gasteiger partial charge in [-0.1, -0.05) is 29.8 Å². The molecule has 0 radical (unpaired) electrons. The molecule has 8 heteroatoms. The third-order valence-electron chi connectivity index (χ3n) is 7.60. The molecule has 2 saturated heterocycles. The van der Waals surface area contributed by atoms with Crippen LogP contribution in [0, 0.1) is 5.82 Å². The van der Waals surface area contributed by atoms with E-state index in [9.17, 15) is 9.18 Å². The number of hydrogen-bond donors (Lipinski definition) is 1. The van der Waals surface area contributed by atoms with Crippen molar-refractivity contribution in [2.24, 2.45) is 0 Å². The number of piperazine rings is 1. The standard InChI is InChI=1S/C26H32ClFN4O2/c27-20-3-6-22-24(17-20)23(19-1-4-21(28)5-2-19)18-25(22)30-10-7-29(8-11-30)9-12-31-13-14-32(15-16-33)26(31)34/h1-6,17,23,25,33H,7-16,18H2. The average Bonchev–Trinajstić information content (AvgIpc) is 3.39. The summed E-state index contributed by atoms with van der Waals surface area (Å²) < 4.78 is 13.5. The highest BCUT2D eigenvalue weighted by molar-refractivity contribution is 6.30. The summed E-state index contributed by atoms with van der Waals surface area (Å²) in [6.45, 7) is 7.40. The number of carbonyl (C=O) groups is 1. The predicted molar refractivity (Wildman–Crippen MR) is 131 cm³/mol. The zero-order valence-corrected chi connectivity index (χ0v) is 20.1. The van der Waals surface area contributed by atoms with E-state index >= 15 is 0 Å². The molecule has 2 heterocycles. The number of urea groups is 1. The van der Waals surface area contributed by atoms with E-state index in [1.165, 1.54) is 11.1 Å². The molecule has 0 saturated carbocycles. The van der Waals surface area contributed by atoms with Crippen molar-refractivity contribution in [3.05, 3.63) is 70.0 Å². The first-order valence-corrected chi connectivity index (χ1v) is 12.6. The minimum Gasteiger partial charge on any atom is -0.395 e. The van der Waals surface area contributed by atoms with Crippen LogP contribution in [-0.2, 0) is 0 Å². The fourth-order valence-electron chi connectivity index (χ4n) is 5.71. The molecule has 2 fully saturated rings. The van der Waals surface area contributed by atoms with E-state index in [0.717, 1.165) is 62.8 Å². The molecular weight excluding hydrogens is 455 g/mol. The molecule has 0 bridgehead atoms. The van der Waals surface area contributed by atoms with Gasteiger partial charge in [-0.3, -0.25) is 9.80 Å². The Bertz CT molecular complexity index is 1010. The SMILES string of the molecule is O=C1N(CCO)CCN1CCN1CCN(C2CC(c3ccc(F)cc3)c3cc(Cl)ccc32)CC1. The van der Waals surface area contributed by atoms with Crippen LogP contribution in [0.2, 0.25) is 5.02 Å². The molecule has 34 heavy (non-hydrogen) atoms. The van der Waals surface area contributed by atoms with E-state index in [2.05, 4.69) is 21.9 Å². The molecule has 182 valence electrons. The van der Waals surface area contributed by atoms with Gasteiger partial charge in [0.2, 0.25) is 0 Å². The number of fused-ring (bicyclic) bond motifs is 1. The lowest BCUT2D eigenvalue weighted by Gasteiger charge is -2.39. The molecule has 0 spiro atoms. The largest absolute Gasteiger partial charge is 0.395 e. The molecule has 0 aromatic heterocycles. The second-order valence-corrected chi connectivity index (χ2v) is 9.92. The van der Waals surface area contributed by atoms with E-state index < -0.39 is 0 Å². The Morgan fingerprint density at radius 1 is 0.882 bits per heavy atom. The molecule has 1 aliphatic carbocycles. The van der Waals surface area contributed by atoms with Gasteiger partial charge in [0.1, 0.15) is 5.82 Å². The minimum absolute atomic E-state index is 0.0139. The number of hydrogen-bond acceptors (Lipinski definition) is 4. The van der Waals surface area contributed by atoms with Crippen LogP contribution in [0.25, 0.3) is 0 Å². The van der Waals surface area contributed by atoms with Crippen LogP contribution in [0.1, 0.15) is 35.1 Å². The van der Waals surface area contributed by atoms with Gasteiger partial charge in [0, 0.05) is 75.9 Å². The highest BCUT2D eigenvalue weighted by Gasteiger charge is 2.37. The summed E-state index contributed by atoms with van der Waals surface area (Å²) in [5.74, 6) is 0.0119. The number of amides is 2. The maximum absolute atomic E-state index is 13.5. The molecule has 2 aliphatic heterocycles. The van der Waals surface area contributed by atoms with E-state index in [1.54, 1.807) is 17.0 Å². The summed E-state index contributed by atoms with van der Waals surface area (Å²) >= 11 is 6.36. The zero-order valence-electron chi connectivity index (χ0n) is 19.4. The van der Waals surface area contributed by atoms with E-state index in [1.807, 2.05) is 23.1 Å². The van der Waals surface area contributed by atoms with Crippen molar-refractivity contribution in [3.63, 3.8) is 0 Å². The quantitative estimate of drug-likeness (QED) is 0.651. The smallest absolute Gasteiger partial charge is 0.320 e. The number of carbonyl (C=O) groups excluding carboxylic acids is 1. The van der Waals surface area contributed by atoms with Crippen LogP contribution < -0.4 is 0 Å². The average molecular weight is 487 g/mol. The Morgan fingerprint density at radius 3 is 2.29 bits per heavy atom. The van der Waals surface area contributed by atoms with Gasteiger partial charge in [0.25, 0.3) is 0 Å². The van der Waals surface area contributed by atoms with E-state index in [0.29, 0.717) is 19.1 Å². The second-order valence-electron chi connectivity index (χ2n) is 9.49. The van der Waals surface area contributed by atoms with Gasteiger partial charge < -0.3 is 14.9 Å². The second kappa shape index (κ2) is 10.2. The third kappa shape index (κ3) is 4.80. The fourth-order valence-corrected chi connectivity index (χ4v) is 5.89. The lowest BCUT2D eigenvalue weighted by molar-refractivity contribution is 0.0900. The van der Waals surface area contributed by atoms with Gasteiger partial charge in [-0.05, 0) is 47.4 Å². The number of rotatable bonds is 7. The Kier molecular flexibility index (Phi) is 7.06. The van der Waals surface area contributed by atoms with Gasteiger partial charge in [-0.25, -0.2) is 9.18 Å². The van der Waals surface area contributed by atoms with Crippen LogP contribution in [0.3, 0.4) is 0 Å². The summed E-state index contributed by atoms with van der Waals surface area (Å²) in [5, 5.41) is 9.84. The molecule has 3 aliphatic rings. The molecule has 5 rings (SSSR count). The Balaban J connectivity index is 1.20. The van der Waals surface area contributed by atoms with Gasteiger partial charge in [-0.15, -0.1) is 0 Å². The number of halogens is 2. The monoisotopic (exact) mass is 486 g/mol.